The fraction of sp³-hybridized carbons (Fsp3) is 0.833. The largest absolute Gasteiger partial charge is 0.390 e. The van der Waals surface area contributed by atoms with Gasteiger partial charge in [-0.2, -0.15) is 0 Å². The SMILES string of the molecule is CC[C@@H](C(C)C)[C@H](O)[C@@H](O)[C@@H](C)[C@H]1CCCC2C3CCC4=CC(=O)C=C[C@]4(C)C3CC[C@@]21C. The Kier molecular flexibility index (Phi) is 7.07. The highest BCUT2D eigenvalue weighted by atomic mass is 16.3. The molecule has 0 amide bonds. The molecule has 3 unspecified atom stereocenters. The number of aliphatic hydroxyl groups excluding tert-OH is 2. The zero-order valence-electron chi connectivity index (χ0n) is 21.9. The Bertz CT molecular complexity index is 796. The van der Waals surface area contributed by atoms with Gasteiger partial charge in [-0.05, 0) is 97.5 Å². The Morgan fingerprint density at radius 1 is 1.03 bits per heavy atom. The zero-order valence-corrected chi connectivity index (χ0v) is 21.9. The van der Waals surface area contributed by atoms with Crippen molar-refractivity contribution in [3.8, 4) is 0 Å². The first kappa shape index (κ1) is 25.2. The molecule has 2 N–H and O–H groups in total. The second kappa shape index (κ2) is 9.26. The number of rotatable bonds is 6. The van der Waals surface area contributed by atoms with Gasteiger partial charge in [-0.15, -0.1) is 0 Å². The van der Waals surface area contributed by atoms with Gasteiger partial charge >= 0.3 is 0 Å². The molecule has 0 bridgehead atoms. The summed E-state index contributed by atoms with van der Waals surface area (Å²) in [5.41, 5.74) is 1.63. The topological polar surface area (TPSA) is 57.5 Å². The molecule has 4 aliphatic carbocycles. The monoisotopic (exact) mass is 456 g/mol. The van der Waals surface area contributed by atoms with Crippen LogP contribution in [0.5, 0.6) is 0 Å². The van der Waals surface area contributed by atoms with Gasteiger partial charge in [-0.1, -0.05) is 66.0 Å². The van der Waals surface area contributed by atoms with Crippen molar-refractivity contribution >= 4 is 5.78 Å². The number of carbonyl (C=O) groups excluding carboxylic acids is 1. The lowest BCUT2D eigenvalue weighted by molar-refractivity contribution is -0.137. The van der Waals surface area contributed by atoms with E-state index in [0.717, 1.165) is 12.8 Å². The van der Waals surface area contributed by atoms with Gasteiger partial charge in [0.05, 0.1) is 12.2 Å². The molecule has 0 radical (unpaired) electrons. The van der Waals surface area contributed by atoms with Crippen LogP contribution in [-0.4, -0.2) is 28.2 Å². The van der Waals surface area contributed by atoms with Crippen LogP contribution in [0.25, 0.3) is 0 Å². The minimum Gasteiger partial charge on any atom is -0.390 e. The Hall–Kier alpha value is -0.930. The van der Waals surface area contributed by atoms with Gasteiger partial charge in [0.25, 0.3) is 0 Å². The average molecular weight is 457 g/mol. The van der Waals surface area contributed by atoms with Gasteiger partial charge in [0, 0.05) is 5.41 Å². The quantitative estimate of drug-likeness (QED) is 0.490. The van der Waals surface area contributed by atoms with Crippen LogP contribution in [0.15, 0.2) is 23.8 Å². The molecular formula is C30H48O3. The second-order valence-electron chi connectivity index (χ2n) is 12.8. The van der Waals surface area contributed by atoms with E-state index < -0.39 is 12.2 Å². The van der Waals surface area contributed by atoms with Crippen molar-refractivity contribution in [2.24, 2.45) is 52.3 Å². The van der Waals surface area contributed by atoms with Crippen LogP contribution in [0.3, 0.4) is 0 Å². The summed E-state index contributed by atoms with van der Waals surface area (Å²) in [7, 11) is 0. The molecular weight excluding hydrogens is 408 g/mol. The Balaban J connectivity index is 1.57. The van der Waals surface area contributed by atoms with E-state index in [1.54, 1.807) is 0 Å². The number of carbonyl (C=O) groups is 1. The van der Waals surface area contributed by atoms with Gasteiger partial charge in [-0.3, -0.25) is 4.79 Å². The first-order valence-electron chi connectivity index (χ1n) is 13.8. The van der Waals surface area contributed by atoms with Crippen molar-refractivity contribution in [3.05, 3.63) is 23.8 Å². The molecule has 0 aromatic rings. The van der Waals surface area contributed by atoms with E-state index in [-0.39, 0.29) is 28.4 Å². The summed E-state index contributed by atoms with van der Waals surface area (Å²) in [5, 5.41) is 22.5. The maximum atomic E-state index is 12.0. The summed E-state index contributed by atoms with van der Waals surface area (Å²) in [4.78, 5) is 12.0. The highest BCUT2D eigenvalue weighted by Gasteiger charge is 2.58. The van der Waals surface area contributed by atoms with Crippen LogP contribution in [-0.2, 0) is 4.79 Å². The van der Waals surface area contributed by atoms with Gasteiger partial charge in [0.2, 0.25) is 0 Å². The van der Waals surface area contributed by atoms with Gasteiger partial charge in [0.15, 0.2) is 5.78 Å². The van der Waals surface area contributed by atoms with Crippen LogP contribution >= 0.6 is 0 Å². The van der Waals surface area contributed by atoms with Crippen molar-refractivity contribution in [3.63, 3.8) is 0 Å². The van der Waals surface area contributed by atoms with E-state index in [0.29, 0.717) is 29.6 Å². The Morgan fingerprint density at radius 3 is 2.42 bits per heavy atom. The molecule has 3 nitrogen and oxygen atoms in total. The molecule has 0 aromatic carbocycles. The maximum Gasteiger partial charge on any atom is 0.178 e. The number of hydrogen-bond acceptors (Lipinski definition) is 3. The lowest BCUT2D eigenvalue weighted by atomic mass is 9.42. The molecule has 4 rings (SSSR count). The van der Waals surface area contributed by atoms with Gasteiger partial charge in [0.1, 0.15) is 0 Å². The van der Waals surface area contributed by atoms with E-state index in [1.165, 1.54) is 44.1 Å². The summed E-state index contributed by atoms with van der Waals surface area (Å²) >= 11 is 0. The highest BCUT2D eigenvalue weighted by molar-refractivity contribution is 6.01. The lowest BCUT2D eigenvalue weighted by Gasteiger charge is -2.62. The molecule has 0 aromatic heterocycles. The van der Waals surface area contributed by atoms with Crippen LogP contribution in [0, 0.1) is 52.3 Å². The number of fused-ring (bicyclic) bond motifs is 5. The van der Waals surface area contributed by atoms with Crippen LogP contribution in [0.1, 0.15) is 92.9 Å². The van der Waals surface area contributed by atoms with Gasteiger partial charge in [-0.25, -0.2) is 0 Å². The van der Waals surface area contributed by atoms with E-state index in [9.17, 15) is 15.0 Å². The standard InChI is InChI=1S/C30H48O3/c1-7-22(18(2)3)28(33)27(32)19(4)24-9-8-10-25-23-12-11-20-17-21(31)13-15-29(20,5)26(23)14-16-30(24,25)6/h13,15,17-19,22-28,32-33H,7-12,14,16H2,1-6H3/t19-,22-,23?,24+,25?,26?,27-,28-,29-,30+/m0/s1. The number of ketones is 1. The maximum absolute atomic E-state index is 12.0. The van der Waals surface area contributed by atoms with Crippen LogP contribution < -0.4 is 0 Å². The first-order valence-corrected chi connectivity index (χ1v) is 13.8. The van der Waals surface area contributed by atoms with E-state index in [2.05, 4.69) is 47.6 Å². The minimum absolute atomic E-state index is 0.0397. The van der Waals surface area contributed by atoms with Crippen LogP contribution in [0.2, 0.25) is 0 Å². The third-order valence-electron chi connectivity index (χ3n) is 11.2. The molecule has 0 heterocycles. The Labute approximate surface area is 202 Å². The third-order valence-corrected chi connectivity index (χ3v) is 11.2. The fourth-order valence-corrected chi connectivity index (χ4v) is 9.21. The molecule has 0 aliphatic heterocycles. The molecule has 3 fully saturated rings. The van der Waals surface area contributed by atoms with Crippen molar-refractivity contribution in [2.75, 3.05) is 0 Å². The number of aliphatic hydroxyl groups is 2. The molecule has 33 heavy (non-hydrogen) atoms. The summed E-state index contributed by atoms with van der Waals surface area (Å²) in [6, 6.07) is 0. The molecule has 3 heteroatoms. The first-order chi connectivity index (χ1) is 15.5. The second-order valence-corrected chi connectivity index (χ2v) is 12.8. The summed E-state index contributed by atoms with van der Waals surface area (Å²) in [6.45, 7) is 13.6. The smallest absolute Gasteiger partial charge is 0.178 e. The van der Waals surface area contributed by atoms with Crippen molar-refractivity contribution in [1.29, 1.82) is 0 Å². The van der Waals surface area contributed by atoms with E-state index in [4.69, 9.17) is 0 Å². The number of allylic oxidation sites excluding steroid dienone is 4. The van der Waals surface area contributed by atoms with Crippen molar-refractivity contribution < 1.29 is 15.0 Å². The van der Waals surface area contributed by atoms with Gasteiger partial charge < -0.3 is 10.2 Å². The average Bonchev–Trinajstić information content (AvgIpc) is 2.77. The molecule has 4 aliphatic rings. The Morgan fingerprint density at radius 2 is 1.76 bits per heavy atom. The molecule has 0 spiro atoms. The van der Waals surface area contributed by atoms with E-state index in [1.807, 2.05) is 12.2 Å². The summed E-state index contributed by atoms with van der Waals surface area (Å²) in [6.07, 6.45) is 13.9. The molecule has 3 saturated carbocycles. The normalized spacial score (nSPS) is 42.0. The predicted octanol–water partition coefficient (Wildman–Crippen LogP) is 6.34. The highest BCUT2D eigenvalue weighted by Crippen LogP contribution is 2.65. The molecule has 0 saturated heterocycles. The molecule has 10 atom stereocenters. The van der Waals surface area contributed by atoms with E-state index >= 15 is 0 Å². The van der Waals surface area contributed by atoms with Crippen molar-refractivity contribution in [1.82, 2.24) is 0 Å². The van der Waals surface area contributed by atoms with Crippen molar-refractivity contribution in [2.45, 2.75) is 105 Å². The third kappa shape index (κ3) is 4.10. The molecule has 186 valence electrons. The predicted molar refractivity (Wildman–Crippen MR) is 135 cm³/mol. The summed E-state index contributed by atoms with van der Waals surface area (Å²) < 4.78 is 0. The minimum atomic E-state index is -0.652. The zero-order chi connectivity index (χ0) is 24.1. The van der Waals surface area contributed by atoms with Crippen LogP contribution in [0.4, 0.5) is 0 Å². The number of hydrogen-bond donors (Lipinski definition) is 2. The summed E-state index contributed by atoms with van der Waals surface area (Å²) in [5.74, 6) is 3.24. The fourth-order valence-electron chi connectivity index (χ4n) is 9.21. The lowest BCUT2D eigenvalue weighted by Crippen LogP contribution is -2.56.